The van der Waals surface area contributed by atoms with E-state index in [9.17, 15) is 0 Å². The molecule has 348 valence electrons. The van der Waals surface area contributed by atoms with Gasteiger partial charge < -0.3 is 18.6 Å². The number of hydrogen-bond donors (Lipinski definition) is 0. The first-order valence-corrected chi connectivity index (χ1v) is 26.5. The van der Waals surface area contributed by atoms with Crippen LogP contribution >= 0.6 is 22.7 Å². The summed E-state index contributed by atoms with van der Waals surface area (Å²) in [5.74, 6) is 0. The van der Waals surface area contributed by atoms with Crippen LogP contribution in [0.15, 0.2) is 203 Å². The highest BCUT2D eigenvalue weighted by Crippen LogP contribution is 2.56. The molecule has 0 saturated carbocycles. The average molecular weight is 967 g/mol. The maximum atomic E-state index is 6.91. The van der Waals surface area contributed by atoms with Crippen LogP contribution in [0, 0.1) is 0 Å². The van der Waals surface area contributed by atoms with Crippen LogP contribution in [0.1, 0.15) is 52.7 Å². The second kappa shape index (κ2) is 15.8. The molecule has 10 aromatic carbocycles. The van der Waals surface area contributed by atoms with Gasteiger partial charge in [-0.25, -0.2) is 0 Å². The molecule has 0 fully saturated rings. The van der Waals surface area contributed by atoms with Crippen LogP contribution in [0.4, 0.5) is 34.1 Å². The highest BCUT2D eigenvalue weighted by Gasteiger charge is 2.29. The minimum atomic E-state index is -0.00836. The molecule has 0 atom stereocenters. The molecule has 0 amide bonds. The molecule has 0 unspecified atom stereocenters. The van der Waals surface area contributed by atoms with Crippen molar-refractivity contribution in [3.8, 4) is 0 Å². The van der Waals surface area contributed by atoms with Crippen LogP contribution in [-0.2, 0) is 10.8 Å². The molecule has 0 radical (unpaired) electrons. The van der Waals surface area contributed by atoms with E-state index < -0.39 is 0 Å². The first kappa shape index (κ1) is 42.9. The Morgan fingerprint density at radius 1 is 0.333 bits per heavy atom. The molecule has 6 heteroatoms. The monoisotopic (exact) mass is 966 g/mol. The molecular weight excluding hydrogens is 917 g/mol. The second-order valence-corrected chi connectivity index (χ2v) is 23.4. The Balaban J connectivity index is 1.13. The lowest BCUT2D eigenvalue weighted by Crippen LogP contribution is -2.14. The van der Waals surface area contributed by atoms with E-state index in [-0.39, 0.29) is 10.8 Å². The van der Waals surface area contributed by atoms with Crippen LogP contribution in [0.2, 0.25) is 0 Å². The van der Waals surface area contributed by atoms with Crippen molar-refractivity contribution < 1.29 is 8.83 Å². The van der Waals surface area contributed by atoms with E-state index in [0.29, 0.717) is 0 Å². The van der Waals surface area contributed by atoms with Crippen molar-refractivity contribution in [3.63, 3.8) is 0 Å². The Labute approximate surface area is 425 Å². The molecule has 0 bridgehead atoms. The maximum Gasteiger partial charge on any atom is 0.159 e. The molecule has 0 spiro atoms. The smallest absolute Gasteiger partial charge is 0.159 e. The van der Waals surface area contributed by atoms with E-state index in [1.165, 1.54) is 62.2 Å². The predicted octanol–water partition coefficient (Wildman–Crippen LogP) is 20.9. The first-order chi connectivity index (χ1) is 35.0. The average Bonchev–Trinajstić information content (AvgIpc) is 4.18. The van der Waals surface area contributed by atoms with E-state index in [0.717, 1.165) is 78.0 Å². The summed E-state index contributed by atoms with van der Waals surface area (Å²) in [5.41, 5.74) is 12.4. The summed E-state index contributed by atoms with van der Waals surface area (Å²) in [7, 11) is 0. The van der Waals surface area contributed by atoms with Crippen molar-refractivity contribution in [1.82, 2.24) is 0 Å². The van der Waals surface area contributed by atoms with Crippen LogP contribution < -0.4 is 9.80 Å². The lowest BCUT2D eigenvalue weighted by atomic mass is 9.87. The fourth-order valence-electron chi connectivity index (χ4n) is 11.1. The summed E-state index contributed by atoms with van der Waals surface area (Å²) < 4.78 is 18.7. The third kappa shape index (κ3) is 6.55. The third-order valence-corrected chi connectivity index (χ3v) is 17.1. The molecular formula is C66H50N2O2S2. The number of anilines is 6. The number of rotatable bonds is 6. The Morgan fingerprint density at radius 2 is 0.694 bits per heavy atom. The highest BCUT2D eigenvalue weighted by atomic mass is 32.1. The predicted molar refractivity (Wildman–Crippen MR) is 311 cm³/mol. The zero-order chi connectivity index (χ0) is 48.6. The maximum absolute atomic E-state index is 6.91. The lowest BCUT2D eigenvalue weighted by molar-refractivity contribution is 0.590. The summed E-state index contributed by atoms with van der Waals surface area (Å²) in [6.07, 6.45) is 0. The van der Waals surface area contributed by atoms with Gasteiger partial charge in [0, 0.05) is 63.9 Å². The molecule has 0 aliphatic heterocycles. The van der Waals surface area contributed by atoms with Crippen molar-refractivity contribution in [3.05, 3.63) is 205 Å². The summed E-state index contributed by atoms with van der Waals surface area (Å²) >= 11 is 3.73. The van der Waals surface area contributed by atoms with Crippen molar-refractivity contribution in [1.29, 1.82) is 0 Å². The van der Waals surface area contributed by atoms with Gasteiger partial charge in [0.05, 0.1) is 32.1 Å². The third-order valence-electron chi connectivity index (χ3n) is 14.8. The number of nitrogens with zero attached hydrogens (tertiary/aromatic N) is 2. The summed E-state index contributed by atoms with van der Waals surface area (Å²) in [6, 6.07) is 71.3. The van der Waals surface area contributed by atoms with Gasteiger partial charge in [0.15, 0.2) is 11.2 Å². The molecule has 0 N–H and O–H groups in total. The summed E-state index contributed by atoms with van der Waals surface area (Å²) in [6.45, 7) is 13.7. The van der Waals surface area contributed by atoms with E-state index in [1.54, 1.807) is 0 Å². The van der Waals surface area contributed by atoms with Gasteiger partial charge in [-0.3, -0.25) is 0 Å². The molecule has 14 rings (SSSR count). The Bertz CT molecular complexity index is 4190. The first-order valence-electron chi connectivity index (χ1n) is 24.8. The van der Waals surface area contributed by atoms with Crippen LogP contribution in [-0.4, -0.2) is 0 Å². The van der Waals surface area contributed by atoms with E-state index in [1.807, 2.05) is 22.7 Å². The van der Waals surface area contributed by atoms with Gasteiger partial charge in [0.2, 0.25) is 0 Å². The Kier molecular flexibility index (Phi) is 9.42. The molecule has 4 heterocycles. The largest absolute Gasteiger partial charge is 0.454 e. The number of hydrogen-bond acceptors (Lipinski definition) is 6. The SMILES string of the molecule is CC(C)(C)c1ccc(N(c2cccc3c2oc2ccccc23)c2cc3c(cc(N(c4ccc(C(C)(C)C)cc4)c4cccc5c4oc4ccccc45)c4sc5ccccc5c43)c3c2sc2ccccc23)cc1. The van der Waals surface area contributed by atoms with E-state index in [2.05, 4.69) is 245 Å². The van der Waals surface area contributed by atoms with Gasteiger partial charge in [0.1, 0.15) is 11.2 Å². The second-order valence-electron chi connectivity index (χ2n) is 21.3. The molecule has 0 saturated heterocycles. The zero-order valence-corrected chi connectivity index (χ0v) is 42.6. The van der Waals surface area contributed by atoms with Gasteiger partial charge in [-0.05, 0) is 106 Å². The lowest BCUT2D eigenvalue weighted by Gasteiger charge is -2.29. The van der Waals surface area contributed by atoms with Crippen molar-refractivity contribution in [2.45, 2.75) is 52.4 Å². The quantitative estimate of drug-likeness (QED) is 0.166. The molecule has 4 nitrogen and oxygen atoms in total. The van der Waals surface area contributed by atoms with E-state index >= 15 is 0 Å². The fourth-order valence-corrected chi connectivity index (χ4v) is 13.6. The van der Waals surface area contributed by atoms with E-state index in [4.69, 9.17) is 8.83 Å². The number of fused-ring (bicyclic) bond motifs is 15. The number of thiophene rings is 2. The van der Waals surface area contributed by atoms with Gasteiger partial charge in [-0.15, -0.1) is 22.7 Å². The highest BCUT2D eigenvalue weighted by molar-refractivity contribution is 7.27. The fraction of sp³-hybridized carbons (Fsp3) is 0.121. The Hall–Kier alpha value is -7.90. The minimum absolute atomic E-state index is 0.00836. The number of benzene rings is 10. The van der Waals surface area contributed by atoms with Crippen LogP contribution in [0.3, 0.4) is 0 Å². The number of para-hydroxylation sites is 4. The molecule has 14 aromatic rings. The summed E-state index contributed by atoms with van der Waals surface area (Å²) in [5, 5.41) is 11.8. The van der Waals surface area contributed by atoms with Gasteiger partial charge in [0.25, 0.3) is 0 Å². The van der Waals surface area contributed by atoms with Crippen molar-refractivity contribution >= 4 is 152 Å². The standard InChI is InChI=1S/C66H50N2O2S2/c1-65(2,3)39-29-33-41(34-30-39)67(51-23-15-21-45-43-17-7-11-25-55(43)69-61(45)51)53-37-49-50(59-47-19-9-13-27-57(47)71-63(53)59)38-54(64-60(49)48-20-10-14-28-58(48)72-64)68(42-35-31-40(32-36-42)66(4,5)6)52-24-16-22-46-44-18-8-12-26-56(44)70-62(46)52/h7-38H,1-6H3. The Morgan fingerprint density at radius 3 is 1.10 bits per heavy atom. The minimum Gasteiger partial charge on any atom is -0.454 e. The summed E-state index contributed by atoms with van der Waals surface area (Å²) in [4.78, 5) is 4.93. The molecule has 4 aromatic heterocycles. The normalized spacial score (nSPS) is 12.6. The van der Waals surface area contributed by atoms with Crippen LogP contribution in [0.25, 0.3) is 95.0 Å². The van der Waals surface area contributed by atoms with Crippen molar-refractivity contribution in [2.75, 3.05) is 9.80 Å². The van der Waals surface area contributed by atoms with Gasteiger partial charge in [-0.2, -0.15) is 0 Å². The van der Waals surface area contributed by atoms with Gasteiger partial charge in [-0.1, -0.05) is 163 Å². The molecule has 0 aliphatic rings. The zero-order valence-electron chi connectivity index (χ0n) is 41.0. The van der Waals surface area contributed by atoms with Crippen LogP contribution in [0.5, 0.6) is 0 Å². The van der Waals surface area contributed by atoms with Crippen molar-refractivity contribution in [2.24, 2.45) is 0 Å². The molecule has 0 aliphatic carbocycles. The topological polar surface area (TPSA) is 32.8 Å². The number of furan rings is 2. The van der Waals surface area contributed by atoms with Gasteiger partial charge >= 0.3 is 0 Å². The molecule has 72 heavy (non-hydrogen) atoms.